The first kappa shape index (κ1) is 11.5. The molecule has 0 atom stereocenters. The van der Waals surface area contributed by atoms with Crippen molar-refractivity contribution in [3.8, 4) is 0 Å². The van der Waals surface area contributed by atoms with Crippen LogP contribution in [-0.2, 0) is 6.42 Å². The summed E-state index contributed by atoms with van der Waals surface area (Å²) in [6, 6.07) is 16.3. The van der Waals surface area contributed by atoms with Crippen molar-refractivity contribution in [1.29, 1.82) is 0 Å². The Morgan fingerprint density at radius 3 is 2.41 bits per heavy atom. The van der Waals surface area contributed by atoms with Crippen molar-refractivity contribution in [2.75, 3.05) is 17.6 Å². The van der Waals surface area contributed by atoms with Crippen LogP contribution in [0, 0.1) is 6.92 Å². The summed E-state index contributed by atoms with van der Waals surface area (Å²) in [6.45, 7) is 3.09. The lowest BCUT2D eigenvalue weighted by Gasteiger charge is -2.08. The second-order valence-electron chi connectivity index (χ2n) is 4.23. The number of aryl methyl sites for hydroxylation is 1. The van der Waals surface area contributed by atoms with Crippen molar-refractivity contribution in [1.82, 2.24) is 0 Å². The highest BCUT2D eigenvalue weighted by atomic mass is 14.9. The molecule has 0 bridgehead atoms. The molecular formula is C15H18N2. The van der Waals surface area contributed by atoms with Crippen LogP contribution in [0.3, 0.4) is 0 Å². The van der Waals surface area contributed by atoms with Crippen LogP contribution >= 0.6 is 0 Å². The Morgan fingerprint density at radius 2 is 1.71 bits per heavy atom. The van der Waals surface area contributed by atoms with Crippen molar-refractivity contribution in [3.05, 3.63) is 59.7 Å². The molecule has 0 aromatic heterocycles. The highest BCUT2D eigenvalue weighted by Crippen LogP contribution is 2.11. The first-order chi connectivity index (χ1) is 8.25. The molecule has 0 aliphatic heterocycles. The van der Waals surface area contributed by atoms with Gasteiger partial charge >= 0.3 is 0 Å². The van der Waals surface area contributed by atoms with Crippen molar-refractivity contribution in [2.45, 2.75) is 13.3 Å². The van der Waals surface area contributed by atoms with Crippen LogP contribution < -0.4 is 11.1 Å². The van der Waals surface area contributed by atoms with E-state index in [2.05, 4.69) is 36.5 Å². The number of hydrogen-bond acceptors (Lipinski definition) is 2. The molecule has 2 aromatic rings. The van der Waals surface area contributed by atoms with E-state index in [1.165, 1.54) is 11.1 Å². The van der Waals surface area contributed by atoms with E-state index >= 15 is 0 Å². The standard InChI is InChI=1S/C15H18N2/c1-12-4-2-3-5-13(12)10-11-17-15-8-6-14(16)7-9-15/h2-9,17H,10-11,16H2,1H3. The molecule has 0 unspecified atom stereocenters. The summed E-state index contributed by atoms with van der Waals surface area (Å²) in [5, 5.41) is 3.39. The molecule has 0 radical (unpaired) electrons. The number of nitrogens with one attached hydrogen (secondary N) is 1. The van der Waals surface area contributed by atoms with Gasteiger partial charge in [-0.1, -0.05) is 24.3 Å². The maximum Gasteiger partial charge on any atom is 0.0341 e. The minimum Gasteiger partial charge on any atom is -0.399 e. The zero-order valence-corrected chi connectivity index (χ0v) is 10.1. The topological polar surface area (TPSA) is 38.0 Å². The molecule has 0 fully saturated rings. The van der Waals surface area contributed by atoms with Crippen LogP contribution in [0.25, 0.3) is 0 Å². The molecule has 2 rings (SSSR count). The molecule has 2 aromatic carbocycles. The molecular weight excluding hydrogens is 208 g/mol. The fraction of sp³-hybridized carbons (Fsp3) is 0.200. The smallest absolute Gasteiger partial charge is 0.0341 e. The number of nitrogens with two attached hydrogens (primary N) is 1. The number of benzene rings is 2. The fourth-order valence-corrected chi connectivity index (χ4v) is 1.83. The molecule has 3 N–H and O–H groups in total. The highest BCUT2D eigenvalue weighted by Gasteiger charge is 1.97. The van der Waals surface area contributed by atoms with Crippen LogP contribution in [0.1, 0.15) is 11.1 Å². The van der Waals surface area contributed by atoms with Crippen LogP contribution in [0.2, 0.25) is 0 Å². The Labute approximate surface area is 102 Å². The summed E-state index contributed by atoms with van der Waals surface area (Å²) < 4.78 is 0. The minimum atomic E-state index is 0.800. The third-order valence-corrected chi connectivity index (χ3v) is 2.90. The zero-order valence-electron chi connectivity index (χ0n) is 10.1. The van der Waals surface area contributed by atoms with Gasteiger partial charge in [0.1, 0.15) is 0 Å². The second kappa shape index (κ2) is 5.39. The van der Waals surface area contributed by atoms with E-state index in [1.54, 1.807) is 0 Å². The first-order valence-corrected chi connectivity index (χ1v) is 5.89. The molecule has 17 heavy (non-hydrogen) atoms. The van der Waals surface area contributed by atoms with Crippen LogP contribution in [-0.4, -0.2) is 6.54 Å². The van der Waals surface area contributed by atoms with Gasteiger partial charge in [-0.15, -0.1) is 0 Å². The third kappa shape index (κ3) is 3.25. The number of nitrogen functional groups attached to an aromatic ring is 1. The van der Waals surface area contributed by atoms with Crippen LogP contribution in [0.5, 0.6) is 0 Å². The van der Waals surface area contributed by atoms with Gasteiger partial charge in [-0.2, -0.15) is 0 Å². The van der Waals surface area contributed by atoms with Gasteiger partial charge in [0.2, 0.25) is 0 Å². The average molecular weight is 226 g/mol. The van der Waals surface area contributed by atoms with Gasteiger partial charge in [-0.05, 0) is 48.7 Å². The predicted octanol–water partition coefficient (Wildman–Crippen LogP) is 3.23. The summed E-state index contributed by atoms with van der Waals surface area (Å²) in [7, 11) is 0. The van der Waals surface area contributed by atoms with Crippen LogP contribution in [0.4, 0.5) is 11.4 Å². The zero-order chi connectivity index (χ0) is 12.1. The molecule has 0 aliphatic carbocycles. The largest absolute Gasteiger partial charge is 0.399 e. The summed E-state index contributed by atoms with van der Waals surface area (Å²) >= 11 is 0. The van der Waals surface area contributed by atoms with Gasteiger partial charge in [0.25, 0.3) is 0 Å². The minimum absolute atomic E-state index is 0.800. The molecule has 0 saturated carbocycles. The molecule has 0 aliphatic rings. The lowest BCUT2D eigenvalue weighted by molar-refractivity contribution is 1.01. The van der Waals surface area contributed by atoms with E-state index in [4.69, 9.17) is 5.73 Å². The Bertz CT molecular complexity index is 475. The van der Waals surface area contributed by atoms with Gasteiger partial charge < -0.3 is 11.1 Å². The maximum atomic E-state index is 5.64. The van der Waals surface area contributed by atoms with Crippen molar-refractivity contribution in [2.24, 2.45) is 0 Å². The number of hydrogen-bond donors (Lipinski definition) is 2. The van der Waals surface area contributed by atoms with Crippen molar-refractivity contribution >= 4 is 11.4 Å². The molecule has 88 valence electrons. The summed E-state index contributed by atoms with van der Waals surface area (Å²) in [4.78, 5) is 0. The third-order valence-electron chi connectivity index (χ3n) is 2.90. The van der Waals surface area contributed by atoms with Gasteiger partial charge in [-0.3, -0.25) is 0 Å². The Kier molecular flexibility index (Phi) is 3.66. The predicted molar refractivity (Wildman–Crippen MR) is 74.2 cm³/mol. The molecule has 0 heterocycles. The SMILES string of the molecule is Cc1ccccc1CCNc1ccc(N)cc1. The molecule has 0 spiro atoms. The maximum absolute atomic E-state index is 5.64. The van der Waals surface area contributed by atoms with Gasteiger partial charge in [-0.25, -0.2) is 0 Å². The monoisotopic (exact) mass is 226 g/mol. The van der Waals surface area contributed by atoms with E-state index in [0.29, 0.717) is 0 Å². The molecule has 0 saturated heterocycles. The number of anilines is 2. The van der Waals surface area contributed by atoms with E-state index < -0.39 is 0 Å². The van der Waals surface area contributed by atoms with Crippen LogP contribution in [0.15, 0.2) is 48.5 Å². The molecule has 0 amide bonds. The fourth-order valence-electron chi connectivity index (χ4n) is 1.83. The van der Waals surface area contributed by atoms with Crippen molar-refractivity contribution in [3.63, 3.8) is 0 Å². The van der Waals surface area contributed by atoms with E-state index in [1.807, 2.05) is 24.3 Å². The van der Waals surface area contributed by atoms with Gasteiger partial charge in [0, 0.05) is 17.9 Å². The second-order valence-corrected chi connectivity index (χ2v) is 4.23. The Balaban J connectivity index is 1.88. The molecule has 2 heteroatoms. The first-order valence-electron chi connectivity index (χ1n) is 5.89. The van der Waals surface area contributed by atoms with Gasteiger partial charge in [0.05, 0.1) is 0 Å². The lowest BCUT2D eigenvalue weighted by atomic mass is 10.1. The quantitative estimate of drug-likeness (QED) is 0.785. The Hall–Kier alpha value is -1.96. The van der Waals surface area contributed by atoms with Gasteiger partial charge in [0.15, 0.2) is 0 Å². The van der Waals surface area contributed by atoms with E-state index in [0.717, 1.165) is 24.3 Å². The molecule has 2 nitrogen and oxygen atoms in total. The average Bonchev–Trinajstić information content (AvgIpc) is 2.34. The summed E-state index contributed by atoms with van der Waals surface area (Å²) in [6.07, 6.45) is 1.04. The Morgan fingerprint density at radius 1 is 1.00 bits per heavy atom. The van der Waals surface area contributed by atoms with E-state index in [9.17, 15) is 0 Å². The summed E-state index contributed by atoms with van der Waals surface area (Å²) in [5.41, 5.74) is 10.3. The summed E-state index contributed by atoms with van der Waals surface area (Å²) in [5.74, 6) is 0. The van der Waals surface area contributed by atoms with Crippen molar-refractivity contribution < 1.29 is 0 Å². The number of rotatable bonds is 4. The highest BCUT2D eigenvalue weighted by molar-refractivity contribution is 5.51. The lowest BCUT2D eigenvalue weighted by Crippen LogP contribution is -2.05. The normalized spacial score (nSPS) is 10.2. The van der Waals surface area contributed by atoms with E-state index in [-0.39, 0.29) is 0 Å².